The number of amides is 1. The lowest BCUT2D eigenvalue weighted by molar-refractivity contribution is -0.318. The highest BCUT2D eigenvalue weighted by Gasteiger charge is 2.53. The van der Waals surface area contributed by atoms with E-state index in [1.165, 1.54) is 14.0 Å². The number of cyclic esters (lactones) is 1. The van der Waals surface area contributed by atoms with Gasteiger partial charge in [0.1, 0.15) is 30.0 Å². The van der Waals surface area contributed by atoms with Crippen molar-refractivity contribution >= 4 is 29.1 Å². The maximum absolute atomic E-state index is 14.6. The van der Waals surface area contributed by atoms with Crippen LogP contribution >= 0.6 is 0 Å². The third kappa shape index (κ3) is 15.1. The average molecular weight is 1010 g/mol. The van der Waals surface area contributed by atoms with E-state index in [-0.39, 0.29) is 56.1 Å². The van der Waals surface area contributed by atoms with Gasteiger partial charge in [0.2, 0.25) is 5.91 Å². The molecular formula is C53H87N3O15. The Bertz CT molecular complexity index is 1980. The van der Waals surface area contributed by atoms with Crippen LogP contribution in [0.4, 0.5) is 0 Å². The lowest BCUT2D eigenvalue weighted by Gasteiger charge is -2.48. The summed E-state index contributed by atoms with van der Waals surface area (Å²) in [5.41, 5.74) is -3.69. The number of nitrogens with one attached hydrogen (secondary N) is 1. The van der Waals surface area contributed by atoms with Crippen molar-refractivity contribution in [3.63, 3.8) is 0 Å². The van der Waals surface area contributed by atoms with Crippen LogP contribution in [-0.4, -0.2) is 190 Å². The fraction of sp³-hybridized carbons (Fsp3) is 0.755. The number of fused-ring (bicyclic) bond motifs is 1. The van der Waals surface area contributed by atoms with Gasteiger partial charge in [-0.05, 0) is 110 Å². The molecule has 0 bridgehead atoms. The summed E-state index contributed by atoms with van der Waals surface area (Å²) in [6.45, 7) is 18.5. The van der Waals surface area contributed by atoms with Crippen LogP contribution < -0.4 is 5.32 Å². The molecule has 18 nitrogen and oxygen atoms in total. The Labute approximate surface area is 421 Å². The Balaban J connectivity index is 0.00000356. The van der Waals surface area contributed by atoms with Gasteiger partial charge in [-0.3, -0.25) is 19.3 Å². The predicted molar refractivity (Wildman–Crippen MR) is 267 cm³/mol. The molecule has 71 heavy (non-hydrogen) atoms. The van der Waals surface area contributed by atoms with Gasteiger partial charge >= 0.3 is 5.97 Å². The van der Waals surface area contributed by atoms with Gasteiger partial charge in [-0.15, -0.1) is 0 Å². The van der Waals surface area contributed by atoms with E-state index in [0.717, 1.165) is 16.3 Å². The largest absolute Gasteiger partial charge is 0.483 e. The molecule has 18 atom stereocenters. The highest BCUT2D eigenvalue weighted by atomic mass is 16.7. The summed E-state index contributed by atoms with van der Waals surface area (Å²) in [4.78, 5) is 40.1. The van der Waals surface area contributed by atoms with E-state index in [9.17, 15) is 35.1 Å². The van der Waals surface area contributed by atoms with E-state index in [1.807, 2.05) is 94.1 Å². The van der Waals surface area contributed by atoms with E-state index in [1.54, 1.807) is 34.6 Å². The number of nitrogens with zero attached hydrogens (tertiary/aromatic N) is 2. The van der Waals surface area contributed by atoms with Crippen LogP contribution in [0.3, 0.4) is 0 Å². The molecule has 18 heteroatoms. The normalized spacial score (nSPS) is 39.1. The van der Waals surface area contributed by atoms with Gasteiger partial charge in [0.05, 0.1) is 48.0 Å². The molecule has 3 saturated heterocycles. The van der Waals surface area contributed by atoms with Crippen molar-refractivity contribution in [2.75, 3.05) is 40.8 Å². The lowest BCUT2D eigenvalue weighted by Crippen LogP contribution is -2.60. The highest BCUT2D eigenvalue weighted by Crippen LogP contribution is 2.40. The predicted octanol–water partition coefficient (Wildman–Crippen LogP) is 3.87. The van der Waals surface area contributed by atoms with Crippen LogP contribution in [0, 0.1) is 17.8 Å². The number of carbonyl (C=O) groups excluding carboxylic acids is 2. The van der Waals surface area contributed by atoms with Crippen molar-refractivity contribution in [1.82, 2.24) is 15.1 Å². The van der Waals surface area contributed by atoms with Gasteiger partial charge in [0.15, 0.2) is 12.6 Å². The topological polar surface area (TPSA) is 246 Å². The number of likely N-dealkylation sites (N-methyl/N-ethyl adjacent to an activating group) is 1. The fourth-order valence-electron chi connectivity index (χ4n) is 11.1. The number of aliphatic hydroxyl groups excluding tert-OH is 3. The summed E-state index contributed by atoms with van der Waals surface area (Å²) in [5, 5.41) is 72.1. The molecule has 3 fully saturated rings. The summed E-state index contributed by atoms with van der Waals surface area (Å²) in [7, 11) is 5.27. The van der Waals surface area contributed by atoms with E-state index >= 15 is 0 Å². The molecule has 0 unspecified atom stereocenters. The van der Waals surface area contributed by atoms with Crippen molar-refractivity contribution in [3.8, 4) is 0 Å². The fourth-order valence-corrected chi connectivity index (χ4v) is 11.1. The summed E-state index contributed by atoms with van der Waals surface area (Å²) >= 11 is 0. The lowest BCUT2D eigenvalue weighted by atomic mass is 9.77. The first-order valence-electron chi connectivity index (χ1n) is 25.3. The number of esters is 1. The molecule has 3 aliphatic heterocycles. The van der Waals surface area contributed by atoms with E-state index in [0.29, 0.717) is 32.5 Å². The van der Waals surface area contributed by atoms with E-state index in [4.69, 9.17) is 38.3 Å². The second-order valence-corrected chi connectivity index (χ2v) is 21.3. The van der Waals surface area contributed by atoms with Crippen molar-refractivity contribution in [2.24, 2.45) is 17.8 Å². The molecule has 7 N–H and O–H groups in total. The first kappa shape index (κ1) is 60.2. The molecule has 5 rings (SSSR count). The van der Waals surface area contributed by atoms with E-state index in [2.05, 4.69) is 5.32 Å². The quantitative estimate of drug-likeness (QED) is 0.0855. The number of rotatable bonds is 13. The zero-order valence-electron chi connectivity index (χ0n) is 44.4. The Morgan fingerprint density at radius 2 is 1.59 bits per heavy atom. The molecule has 404 valence electrons. The number of methoxy groups -OCH3 is 1. The number of hydrogen-bond donors (Lipinski definition) is 7. The molecule has 2 aromatic rings. The first-order valence-corrected chi connectivity index (χ1v) is 25.3. The Morgan fingerprint density at radius 1 is 0.944 bits per heavy atom. The van der Waals surface area contributed by atoms with Crippen LogP contribution in [0.25, 0.3) is 10.8 Å². The number of ether oxygens (including phenoxy) is 6. The number of carboxylic acid groups (broad SMARTS) is 1. The van der Waals surface area contributed by atoms with Crippen LogP contribution in [0.5, 0.6) is 0 Å². The van der Waals surface area contributed by atoms with Crippen LogP contribution in [0.2, 0.25) is 0 Å². The van der Waals surface area contributed by atoms with Gasteiger partial charge in [-0.1, -0.05) is 63.2 Å². The Morgan fingerprint density at radius 3 is 2.23 bits per heavy atom. The third-order valence-electron chi connectivity index (χ3n) is 15.2. The van der Waals surface area contributed by atoms with Crippen LogP contribution in [-0.2, 0) is 49.2 Å². The molecule has 0 spiro atoms. The molecule has 0 radical (unpaired) electrons. The van der Waals surface area contributed by atoms with Gasteiger partial charge in [-0.25, -0.2) is 0 Å². The Hall–Kier alpha value is -3.37. The molecule has 0 aromatic heterocycles. The minimum Gasteiger partial charge on any atom is -0.483 e. The summed E-state index contributed by atoms with van der Waals surface area (Å²) in [6.07, 6.45) is -8.24. The second kappa shape index (κ2) is 26.2. The maximum atomic E-state index is 14.6. The van der Waals surface area contributed by atoms with Crippen molar-refractivity contribution < 1.29 is 73.4 Å². The smallest absolute Gasteiger partial charge is 0.311 e. The monoisotopic (exact) mass is 1010 g/mol. The minimum absolute atomic E-state index is 0.103. The molecule has 0 aliphatic carbocycles. The summed E-state index contributed by atoms with van der Waals surface area (Å²) < 4.78 is 38.1. The van der Waals surface area contributed by atoms with Gasteiger partial charge in [0.25, 0.3) is 6.47 Å². The standard InChI is InChI=1S/C52H85N3O13.CH2O2/c1-14-40-52(10,62)45(58)34(6)55(24-18-23-53-41(56)26-37-21-17-20-36-19-15-16-22-38(36)37)29-30(2)27-50(8,61)47(68-49-43(57)39(54(11)12)25-31(3)64-49)32(4)44(33(5)48(60)66-40)67-42-28-51(9,63-13)46(59)35(7)65-42;2-1-3/h15-17,19-22,30-35,39-40,42-47,49,57-59,61-62H,14,18,23-29H2,1-13H3,(H,53,56);1H,(H,2,3)/t30-,31-,32+,33-,34-,35+,39+,40-,42+,43-,44+,45-,46+,47-,49+,50-,51-,52-;/m1./s1. The SMILES string of the molecule is CC[C@H]1OC(=O)[C@H](C)[C@@H](O[C@H]2C[C@@](C)(OC)[C@@H](O)[C@H](C)O2)[C@H](C)[C@@H](O[C@@H]2O[C@H](C)C[C@H](N(C)C)[C@H]2O)[C@](C)(O)C[C@@H](C)CN(CCCNC(=O)Cc2cccc3ccccc23)[C@H](C)[C@@H](O)[C@]1(C)O.O=CO. The molecule has 3 aliphatic rings. The van der Waals surface area contributed by atoms with Crippen molar-refractivity contribution in [3.05, 3.63) is 48.0 Å². The zero-order valence-corrected chi connectivity index (χ0v) is 44.4. The number of aliphatic hydroxyl groups is 5. The maximum Gasteiger partial charge on any atom is 0.311 e. The number of benzene rings is 2. The minimum atomic E-state index is -1.91. The van der Waals surface area contributed by atoms with Crippen LogP contribution in [0.15, 0.2) is 42.5 Å². The first-order chi connectivity index (χ1) is 33.3. The Kier molecular flexibility index (Phi) is 22.2. The zero-order chi connectivity index (χ0) is 53.2. The molecule has 3 heterocycles. The number of carbonyl (C=O) groups is 3. The number of hydrogen-bond acceptors (Lipinski definition) is 16. The summed E-state index contributed by atoms with van der Waals surface area (Å²) in [6, 6.07) is 12.9. The van der Waals surface area contributed by atoms with Crippen LogP contribution in [0.1, 0.15) is 107 Å². The summed E-state index contributed by atoms with van der Waals surface area (Å²) in [5.74, 6) is -2.97. The van der Waals surface area contributed by atoms with Crippen molar-refractivity contribution in [2.45, 2.75) is 198 Å². The van der Waals surface area contributed by atoms with E-state index < -0.39 is 96.0 Å². The molecule has 2 aromatic carbocycles. The molecule has 1 amide bonds. The molecule has 0 saturated carbocycles. The van der Waals surface area contributed by atoms with Crippen molar-refractivity contribution in [1.29, 1.82) is 0 Å². The average Bonchev–Trinajstić information content (AvgIpc) is 3.31. The highest BCUT2D eigenvalue weighted by molar-refractivity contribution is 5.90. The van der Waals surface area contributed by atoms with Gasteiger partial charge < -0.3 is 69.3 Å². The molecular weight excluding hydrogens is 919 g/mol. The van der Waals surface area contributed by atoms with Gasteiger partial charge in [-0.2, -0.15) is 0 Å². The third-order valence-corrected chi connectivity index (χ3v) is 15.2. The van der Waals surface area contributed by atoms with Gasteiger partial charge in [0, 0.05) is 51.2 Å². The second-order valence-electron chi connectivity index (χ2n) is 21.3.